The van der Waals surface area contributed by atoms with E-state index in [1.165, 1.54) is 34.2 Å². The Balaban J connectivity index is 0.000000628. The second kappa shape index (κ2) is 11.7. The van der Waals surface area contributed by atoms with Crippen molar-refractivity contribution in [2.24, 2.45) is 5.73 Å². The first-order valence-corrected chi connectivity index (χ1v) is 11.6. The monoisotopic (exact) mass is 442 g/mol. The second-order valence-corrected chi connectivity index (χ2v) is 8.56. The van der Waals surface area contributed by atoms with Crippen molar-refractivity contribution in [3.63, 3.8) is 0 Å². The highest BCUT2D eigenvalue weighted by molar-refractivity contribution is 7.19. The zero-order chi connectivity index (χ0) is 22.1. The number of hydrogen-bond donors (Lipinski definition) is 4. The summed E-state index contributed by atoms with van der Waals surface area (Å²) in [6.45, 7) is 1.19. The number of aromatic nitrogens is 2. The number of carbonyl (C=O) groups is 1. The smallest absolute Gasteiger partial charge is 0.303 e. The van der Waals surface area contributed by atoms with Gasteiger partial charge in [-0.05, 0) is 43.2 Å². The fourth-order valence-electron chi connectivity index (χ4n) is 3.62. The Morgan fingerprint density at radius 1 is 1.16 bits per heavy atom. The fraction of sp³-hybridized carbons (Fsp3) is 0.435. The average molecular weight is 443 g/mol. The first-order chi connectivity index (χ1) is 15.1. The van der Waals surface area contributed by atoms with Crippen molar-refractivity contribution < 1.29 is 15.0 Å². The van der Waals surface area contributed by atoms with Crippen LogP contribution in [0.5, 0.6) is 0 Å². The van der Waals surface area contributed by atoms with Crippen LogP contribution in [0, 0.1) is 0 Å². The molecule has 0 aliphatic heterocycles. The molecule has 0 saturated heterocycles. The molecule has 166 valence electrons. The average Bonchev–Trinajstić information content (AvgIpc) is 3.16. The molecule has 0 saturated carbocycles. The van der Waals surface area contributed by atoms with Crippen LogP contribution < -0.4 is 11.1 Å². The number of carboxylic acids is 1. The summed E-state index contributed by atoms with van der Waals surface area (Å²) in [5.41, 5.74) is 7.40. The zero-order valence-corrected chi connectivity index (χ0v) is 18.5. The van der Waals surface area contributed by atoms with Gasteiger partial charge in [0, 0.05) is 30.8 Å². The maximum absolute atomic E-state index is 10.8. The number of benzene rings is 1. The molecule has 1 aliphatic rings. The Kier molecular flexibility index (Phi) is 8.75. The molecule has 5 N–H and O–H groups in total. The van der Waals surface area contributed by atoms with E-state index >= 15 is 0 Å². The molecule has 2 heterocycles. The fourth-order valence-corrected chi connectivity index (χ4v) is 4.90. The number of hydrogen-bond acceptors (Lipinski definition) is 7. The van der Waals surface area contributed by atoms with Crippen molar-refractivity contribution >= 4 is 33.3 Å². The van der Waals surface area contributed by atoms with Gasteiger partial charge in [-0.25, -0.2) is 9.97 Å². The summed E-state index contributed by atoms with van der Waals surface area (Å²) in [5, 5.41) is 21.3. The number of aliphatic hydroxyl groups is 1. The topological polar surface area (TPSA) is 121 Å². The van der Waals surface area contributed by atoms with Crippen LogP contribution in [-0.2, 0) is 30.6 Å². The molecule has 0 spiro atoms. The van der Waals surface area contributed by atoms with Crippen LogP contribution in [0.2, 0.25) is 0 Å². The first-order valence-electron chi connectivity index (χ1n) is 10.7. The minimum atomic E-state index is -0.773. The van der Waals surface area contributed by atoms with E-state index < -0.39 is 5.97 Å². The van der Waals surface area contributed by atoms with Gasteiger partial charge >= 0.3 is 5.97 Å². The normalized spacial score (nSPS) is 12.7. The van der Waals surface area contributed by atoms with E-state index in [0.29, 0.717) is 25.9 Å². The van der Waals surface area contributed by atoms with E-state index in [9.17, 15) is 4.79 Å². The number of carboxylic acid groups (broad SMARTS) is 1. The lowest BCUT2D eigenvalue weighted by Crippen LogP contribution is -2.07. The van der Waals surface area contributed by atoms with Gasteiger partial charge in [0.2, 0.25) is 0 Å². The third-order valence-corrected chi connectivity index (χ3v) is 6.27. The molecule has 1 aliphatic carbocycles. The molecule has 31 heavy (non-hydrogen) atoms. The Bertz CT molecular complexity index is 989. The number of nitrogens with two attached hydrogens (primary N) is 1. The molecule has 7 nitrogen and oxygen atoms in total. The van der Waals surface area contributed by atoms with E-state index in [0.717, 1.165) is 29.3 Å². The Morgan fingerprint density at radius 3 is 2.61 bits per heavy atom. The summed E-state index contributed by atoms with van der Waals surface area (Å²) >= 11 is 1.78. The number of fused-ring (bicyclic) bond motifs is 3. The zero-order valence-electron chi connectivity index (χ0n) is 17.6. The number of rotatable bonds is 8. The van der Waals surface area contributed by atoms with Crippen LogP contribution >= 0.6 is 11.3 Å². The summed E-state index contributed by atoms with van der Waals surface area (Å²) in [5.74, 6) is 0.858. The largest absolute Gasteiger partial charge is 0.481 e. The predicted octanol–water partition coefficient (Wildman–Crippen LogP) is 3.53. The van der Waals surface area contributed by atoms with Crippen molar-refractivity contribution in [2.45, 2.75) is 51.5 Å². The third-order valence-electron chi connectivity index (χ3n) is 5.08. The van der Waals surface area contributed by atoms with Crippen molar-refractivity contribution in [2.75, 3.05) is 18.5 Å². The van der Waals surface area contributed by atoms with Crippen LogP contribution in [0.15, 0.2) is 30.3 Å². The van der Waals surface area contributed by atoms with Crippen LogP contribution in [0.1, 0.15) is 47.5 Å². The highest BCUT2D eigenvalue weighted by Gasteiger charge is 2.21. The highest BCUT2D eigenvalue weighted by atomic mass is 32.1. The summed E-state index contributed by atoms with van der Waals surface area (Å²) < 4.78 is 0. The molecule has 0 unspecified atom stereocenters. The maximum Gasteiger partial charge on any atom is 0.303 e. The van der Waals surface area contributed by atoms with Gasteiger partial charge in [0.15, 0.2) is 0 Å². The van der Waals surface area contributed by atoms with E-state index in [2.05, 4.69) is 17.4 Å². The van der Waals surface area contributed by atoms with Crippen LogP contribution in [0.4, 0.5) is 5.82 Å². The van der Waals surface area contributed by atoms with Crippen molar-refractivity contribution in [1.82, 2.24) is 9.97 Å². The van der Waals surface area contributed by atoms with Crippen LogP contribution in [0.3, 0.4) is 0 Å². The summed E-state index contributed by atoms with van der Waals surface area (Å²) in [6.07, 6.45) is 5.98. The van der Waals surface area contributed by atoms with Crippen molar-refractivity contribution in [3.8, 4) is 0 Å². The maximum atomic E-state index is 10.8. The molecule has 0 bridgehead atoms. The lowest BCUT2D eigenvalue weighted by Gasteiger charge is -2.13. The number of anilines is 1. The van der Waals surface area contributed by atoms with Gasteiger partial charge in [0.25, 0.3) is 0 Å². The van der Waals surface area contributed by atoms with Gasteiger partial charge in [-0.15, -0.1) is 11.3 Å². The van der Waals surface area contributed by atoms with Gasteiger partial charge in [0.05, 0.1) is 12.0 Å². The van der Waals surface area contributed by atoms with Crippen molar-refractivity contribution in [3.05, 3.63) is 52.2 Å². The van der Waals surface area contributed by atoms with E-state index in [-0.39, 0.29) is 13.0 Å². The van der Waals surface area contributed by atoms with E-state index in [4.69, 9.17) is 25.9 Å². The lowest BCUT2D eigenvalue weighted by molar-refractivity contribution is -0.137. The molecule has 3 aromatic rings. The Hall–Kier alpha value is -2.55. The molecule has 0 amide bonds. The van der Waals surface area contributed by atoms with Gasteiger partial charge in [-0.3, -0.25) is 4.79 Å². The predicted molar refractivity (Wildman–Crippen MR) is 125 cm³/mol. The highest BCUT2D eigenvalue weighted by Crippen LogP contribution is 2.38. The molecule has 0 fully saturated rings. The standard InChI is InChI=1S/C21H23N3O2S.C2H7NO/c25-18(26)12-6-11-17-23-20(22-13-14-7-2-1-3-8-14)19-15-9-4-5-10-16(15)27-21(19)24-17;3-1-2-4/h1-3,7-8H,4-6,9-13H2,(H,25,26)(H,22,23,24);4H,1-3H2. The van der Waals surface area contributed by atoms with Crippen LogP contribution in [0.25, 0.3) is 10.2 Å². The summed E-state index contributed by atoms with van der Waals surface area (Å²) in [7, 11) is 0. The molecule has 2 aromatic heterocycles. The number of aryl methyl sites for hydroxylation is 3. The number of aliphatic hydroxyl groups excluding tert-OH is 1. The lowest BCUT2D eigenvalue weighted by atomic mass is 9.97. The van der Waals surface area contributed by atoms with E-state index in [1.807, 2.05) is 18.2 Å². The van der Waals surface area contributed by atoms with Gasteiger partial charge in [-0.2, -0.15) is 0 Å². The molecule has 0 atom stereocenters. The minimum absolute atomic E-state index is 0.0972. The Morgan fingerprint density at radius 2 is 1.90 bits per heavy atom. The third kappa shape index (κ3) is 6.46. The summed E-state index contributed by atoms with van der Waals surface area (Å²) in [6, 6.07) is 10.3. The number of aliphatic carboxylic acids is 1. The number of thiophene rings is 1. The second-order valence-electron chi connectivity index (χ2n) is 7.48. The molecule has 1 aromatic carbocycles. The SMILES string of the molecule is NCCO.O=C(O)CCCc1nc(NCc2ccccc2)c2c3c(sc2n1)CCCC3. The molecule has 0 radical (unpaired) electrons. The molecular weight excluding hydrogens is 412 g/mol. The summed E-state index contributed by atoms with van der Waals surface area (Å²) in [4.78, 5) is 22.8. The molecular formula is C23H30N4O3S. The van der Waals surface area contributed by atoms with Gasteiger partial charge < -0.3 is 21.3 Å². The molecule has 4 rings (SSSR count). The number of nitrogens with one attached hydrogen (secondary N) is 1. The first kappa shape index (κ1) is 23.1. The van der Waals surface area contributed by atoms with Gasteiger partial charge in [0.1, 0.15) is 16.5 Å². The van der Waals surface area contributed by atoms with E-state index in [1.54, 1.807) is 11.3 Å². The van der Waals surface area contributed by atoms with Gasteiger partial charge in [-0.1, -0.05) is 30.3 Å². The molecule has 8 heteroatoms. The van der Waals surface area contributed by atoms with Crippen LogP contribution in [-0.4, -0.2) is 39.3 Å². The van der Waals surface area contributed by atoms with Crippen molar-refractivity contribution in [1.29, 1.82) is 0 Å². The Labute approximate surface area is 186 Å². The minimum Gasteiger partial charge on any atom is -0.481 e. The quantitative estimate of drug-likeness (QED) is 0.421. The number of nitrogens with zero attached hydrogens (tertiary/aromatic N) is 2.